The summed E-state index contributed by atoms with van der Waals surface area (Å²) in [4.78, 5) is 0.295. The molecule has 3 rings (SSSR count). The van der Waals surface area contributed by atoms with Crippen LogP contribution >= 0.6 is 0 Å². The molecule has 0 fully saturated rings. The minimum absolute atomic E-state index is 0.105. The highest BCUT2D eigenvalue weighted by Crippen LogP contribution is 2.36. The zero-order valence-corrected chi connectivity index (χ0v) is 14.2. The van der Waals surface area contributed by atoms with Crippen LogP contribution in [0.25, 0.3) is 0 Å². The lowest BCUT2D eigenvalue weighted by Gasteiger charge is -2.32. The Bertz CT molecular complexity index is 784. The molecule has 23 heavy (non-hydrogen) atoms. The average Bonchev–Trinajstić information content (AvgIpc) is 2.60. The monoisotopic (exact) mass is 331 g/mol. The standard InChI is InChI=1S/C18H21NO3S/c1-19(18-9-5-7-14-6-3-4-8-17(14)18)23(20,21)16-12-10-15(22-2)11-13-16/h3-4,6,8,10-13,18H,5,7,9H2,1-2H3/t18-/m1/s1. The second-order valence-corrected chi connectivity index (χ2v) is 7.80. The van der Waals surface area contributed by atoms with E-state index in [1.165, 1.54) is 9.87 Å². The summed E-state index contributed by atoms with van der Waals surface area (Å²) in [6.45, 7) is 0. The van der Waals surface area contributed by atoms with E-state index in [-0.39, 0.29) is 6.04 Å². The Morgan fingerprint density at radius 2 is 1.78 bits per heavy atom. The Hall–Kier alpha value is -1.85. The quantitative estimate of drug-likeness (QED) is 0.863. The van der Waals surface area contributed by atoms with Crippen molar-refractivity contribution < 1.29 is 13.2 Å². The summed E-state index contributed by atoms with van der Waals surface area (Å²) >= 11 is 0. The van der Waals surface area contributed by atoms with Crippen LogP contribution in [0.5, 0.6) is 5.75 Å². The van der Waals surface area contributed by atoms with Gasteiger partial charge in [-0.15, -0.1) is 0 Å². The van der Waals surface area contributed by atoms with Crippen LogP contribution in [0.2, 0.25) is 0 Å². The van der Waals surface area contributed by atoms with E-state index >= 15 is 0 Å². The summed E-state index contributed by atoms with van der Waals surface area (Å²) in [6.07, 6.45) is 2.87. The second kappa shape index (κ2) is 6.34. The first-order valence-corrected chi connectivity index (χ1v) is 9.18. The van der Waals surface area contributed by atoms with E-state index in [2.05, 4.69) is 6.07 Å². The van der Waals surface area contributed by atoms with E-state index in [9.17, 15) is 8.42 Å². The molecule has 0 spiro atoms. The van der Waals surface area contributed by atoms with Crippen molar-refractivity contribution in [2.24, 2.45) is 0 Å². The lowest BCUT2D eigenvalue weighted by molar-refractivity contribution is 0.337. The minimum atomic E-state index is -3.53. The van der Waals surface area contributed by atoms with Crippen LogP contribution in [-0.4, -0.2) is 26.9 Å². The molecule has 2 aromatic carbocycles. The maximum absolute atomic E-state index is 12.9. The average molecular weight is 331 g/mol. The maximum Gasteiger partial charge on any atom is 0.243 e. The molecule has 1 atom stereocenters. The van der Waals surface area contributed by atoms with Gasteiger partial charge in [0.1, 0.15) is 5.75 Å². The number of fused-ring (bicyclic) bond motifs is 1. The third-order valence-electron chi connectivity index (χ3n) is 4.51. The fourth-order valence-corrected chi connectivity index (χ4v) is 4.55. The number of benzene rings is 2. The van der Waals surface area contributed by atoms with Crippen LogP contribution < -0.4 is 4.74 Å². The number of ether oxygens (including phenoxy) is 1. The van der Waals surface area contributed by atoms with Crippen molar-refractivity contribution in [3.05, 3.63) is 59.7 Å². The van der Waals surface area contributed by atoms with Crippen LogP contribution in [-0.2, 0) is 16.4 Å². The highest BCUT2D eigenvalue weighted by Gasteiger charge is 2.31. The second-order valence-electron chi connectivity index (χ2n) is 5.80. The number of hydrogen-bond acceptors (Lipinski definition) is 3. The van der Waals surface area contributed by atoms with Crippen LogP contribution in [0, 0.1) is 0 Å². The highest BCUT2D eigenvalue weighted by atomic mass is 32.2. The molecule has 1 aliphatic carbocycles. The number of sulfonamides is 1. The molecule has 0 radical (unpaired) electrons. The van der Waals surface area contributed by atoms with Gasteiger partial charge in [-0.2, -0.15) is 4.31 Å². The maximum atomic E-state index is 12.9. The van der Waals surface area contributed by atoms with Gasteiger partial charge in [0.05, 0.1) is 12.0 Å². The van der Waals surface area contributed by atoms with Crippen LogP contribution in [0.3, 0.4) is 0 Å². The minimum Gasteiger partial charge on any atom is -0.497 e. The van der Waals surface area contributed by atoms with Crippen molar-refractivity contribution in [3.8, 4) is 5.75 Å². The third-order valence-corrected chi connectivity index (χ3v) is 6.39. The molecule has 1 aliphatic rings. The highest BCUT2D eigenvalue weighted by molar-refractivity contribution is 7.89. The molecular formula is C18H21NO3S. The van der Waals surface area contributed by atoms with Gasteiger partial charge in [-0.25, -0.2) is 8.42 Å². The fourth-order valence-electron chi connectivity index (χ4n) is 3.19. The Kier molecular flexibility index (Phi) is 4.41. The molecule has 0 unspecified atom stereocenters. The Morgan fingerprint density at radius 1 is 1.09 bits per heavy atom. The van der Waals surface area contributed by atoms with Crippen molar-refractivity contribution in [2.45, 2.75) is 30.2 Å². The summed E-state index contributed by atoms with van der Waals surface area (Å²) in [5, 5.41) is 0. The van der Waals surface area contributed by atoms with Crippen molar-refractivity contribution in [2.75, 3.05) is 14.2 Å². The normalized spacial score (nSPS) is 17.8. The lowest BCUT2D eigenvalue weighted by Crippen LogP contribution is -2.33. The van der Waals surface area contributed by atoms with Gasteiger partial charge < -0.3 is 4.74 Å². The van der Waals surface area contributed by atoms with E-state index in [1.807, 2.05) is 18.2 Å². The SMILES string of the molecule is COc1ccc(S(=O)(=O)N(C)[C@@H]2CCCc3ccccc32)cc1. The molecule has 0 bridgehead atoms. The Labute approximate surface area is 137 Å². The first-order valence-electron chi connectivity index (χ1n) is 7.74. The van der Waals surface area contributed by atoms with E-state index in [4.69, 9.17) is 4.74 Å². The predicted molar refractivity (Wildman–Crippen MR) is 90.1 cm³/mol. The van der Waals surface area contributed by atoms with Crippen molar-refractivity contribution in [3.63, 3.8) is 0 Å². The zero-order chi connectivity index (χ0) is 16.4. The van der Waals surface area contributed by atoms with Crippen molar-refractivity contribution in [1.82, 2.24) is 4.31 Å². The summed E-state index contributed by atoms with van der Waals surface area (Å²) in [7, 11) is -0.291. The van der Waals surface area contributed by atoms with Crippen LogP contribution in [0.4, 0.5) is 0 Å². The number of rotatable bonds is 4. The van der Waals surface area contributed by atoms with Gasteiger partial charge in [-0.1, -0.05) is 24.3 Å². The topological polar surface area (TPSA) is 46.6 Å². The molecule has 0 saturated carbocycles. The van der Waals surface area contributed by atoms with Gasteiger partial charge >= 0.3 is 0 Å². The van der Waals surface area contributed by atoms with Crippen LogP contribution in [0.15, 0.2) is 53.4 Å². The van der Waals surface area contributed by atoms with Gasteiger partial charge in [0.2, 0.25) is 10.0 Å². The molecule has 2 aromatic rings. The first kappa shape index (κ1) is 16.0. The number of nitrogens with zero attached hydrogens (tertiary/aromatic N) is 1. The molecule has 122 valence electrons. The summed E-state index contributed by atoms with van der Waals surface area (Å²) in [5.41, 5.74) is 2.37. The van der Waals surface area contributed by atoms with E-state index in [0.29, 0.717) is 10.6 Å². The van der Waals surface area contributed by atoms with Crippen LogP contribution in [0.1, 0.15) is 30.0 Å². The number of hydrogen-bond donors (Lipinski definition) is 0. The molecule has 0 aromatic heterocycles. The Balaban J connectivity index is 1.94. The molecule has 0 heterocycles. The zero-order valence-electron chi connectivity index (χ0n) is 13.4. The predicted octanol–water partition coefficient (Wildman–Crippen LogP) is 3.39. The number of aryl methyl sites for hydroxylation is 1. The first-order chi connectivity index (χ1) is 11.0. The molecule has 0 aliphatic heterocycles. The van der Waals surface area contributed by atoms with Gasteiger partial charge in [0.15, 0.2) is 0 Å². The summed E-state index contributed by atoms with van der Waals surface area (Å²) < 4.78 is 32.5. The van der Waals surface area contributed by atoms with E-state index in [1.54, 1.807) is 38.4 Å². The summed E-state index contributed by atoms with van der Waals surface area (Å²) in [5.74, 6) is 0.648. The molecule has 0 N–H and O–H groups in total. The van der Waals surface area contributed by atoms with Crippen molar-refractivity contribution >= 4 is 10.0 Å². The molecule has 5 heteroatoms. The lowest BCUT2D eigenvalue weighted by atomic mass is 9.88. The Morgan fingerprint density at radius 3 is 2.48 bits per heavy atom. The van der Waals surface area contributed by atoms with Gasteiger partial charge in [-0.3, -0.25) is 0 Å². The third kappa shape index (κ3) is 2.99. The van der Waals surface area contributed by atoms with Gasteiger partial charge in [-0.05, 0) is 54.7 Å². The number of methoxy groups -OCH3 is 1. The molecular weight excluding hydrogens is 310 g/mol. The smallest absolute Gasteiger partial charge is 0.243 e. The van der Waals surface area contributed by atoms with E-state index < -0.39 is 10.0 Å². The summed E-state index contributed by atoms with van der Waals surface area (Å²) in [6, 6.07) is 14.6. The van der Waals surface area contributed by atoms with Crippen molar-refractivity contribution in [1.29, 1.82) is 0 Å². The van der Waals surface area contributed by atoms with Gasteiger partial charge in [0.25, 0.3) is 0 Å². The van der Waals surface area contributed by atoms with Gasteiger partial charge in [0, 0.05) is 13.1 Å². The molecule has 4 nitrogen and oxygen atoms in total. The largest absolute Gasteiger partial charge is 0.497 e. The molecule has 0 saturated heterocycles. The fraction of sp³-hybridized carbons (Fsp3) is 0.333. The molecule has 0 amide bonds. The van der Waals surface area contributed by atoms with E-state index in [0.717, 1.165) is 24.8 Å².